The van der Waals surface area contributed by atoms with Crippen molar-refractivity contribution in [2.45, 2.75) is 117 Å². The van der Waals surface area contributed by atoms with E-state index in [-0.39, 0.29) is 34.5 Å². The molecule has 2 aromatic rings. The van der Waals surface area contributed by atoms with Gasteiger partial charge in [-0.2, -0.15) is 23.5 Å². The quantitative estimate of drug-likeness (QED) is 0.155. The molecule has 0 aromatic heterocycles. The summed E-state index contributed by atoms with van der Waals surface area (Å²) in [5, 5.41) is 22.9. The van der Waals surface area contributed by atoms with Crippen molar-refractivity contribution < 1.29 is 19.5 Å². The van der Waals surface area contributed by atoms with Crippen LogP contribution in [0.15, 0.2) is 17.9 Å². The van der Waals surface area contributed by atoms with Crippen LogP contribution in [0.5, 0.6) is 0 Å². The number of allylic oxidation sites excluding steroid dienone is 2. The van der Waals surface area contributed by atoms with Crippen LogP contribution in [-0.4, -0.2) is 66.8 Å². The Kier molecular flexibility index (Phi) is 13.1. The van der Waals surface area contributed by atoms with Crippen LogP contribution in [0.25, 0.3) is 11.1 Å². The molecule has 0 unspecified atom stereocenters. The minimum atomic E-state index is -0.282. The van der Waals surface area contributed by atoms with Gasteiger partial charge >= 0.3 is 0 Å². The molecule has 10 heteroatoms. The number of hydrogen-bond donors (Lipinski definition) is 2. The minimum absolute atomic E-state index is 0.0701. The first-order chi connectivity index (χ1) is 26.4. The Bertz CT molecular complexity index is 1950. The number of hydrogen-bond acceptors (Lipinski definition) is 7. The number of unbranched alkanes of at least 4 members (excludes halogenated alkanes) is 4. The molecule has 2 aromatic carbocycles. The van der Waals surface area contributed by atoms with Crippen LogP contribution in [0.2, 0.25) is 0 Å². The van der Waals surface area contributed by atoms with Crippen LogP contribution < -0.4 is 35.8 Å². The van der Waals surface area contributed by atoms with E-state index in [2.05, 4.69) is 34.0 Å². The van der Waals surface area contributed by atoms with E-state index in [0.29, 0.717) is 35.0 Å². The molecule has 0 radical (unpaired) electrons. The number of anilines is 3. The second-order valence-electron chi connectivity index (χ2n) is 15.6. The van der Waals surface area contributed by atoms with Crippen molar-refractivity contribution in [3.8, 4) is 0 Å². The molecule has 0 atom stereocenters. The van der Waals surface area contributed by atoms with Crippen LogP contribution in [0.1, 0.15) is 119 Å². The van der Waals surface area contributed by atoms with E-state index in [0.717, 1.165) is 136 Å². The van der Waals surface area contributed by atoms with Crippen LogP contribution in [0, 0.1) is 0 Å². The number of Topliss-reactive ketones (excluding diaryl/α,β-unsaturated/α-hetero) is 1. The summed E-state index contributed by atoms with van der Waals surface area (Å²) >= 11 is 3.62. The topological polar surface area (TPSA) is 105 Å². The number of nitrogens with zero attached hydrogens (tertiary/aromatic N) is 2. The lowest BCUT2D eigenvalue weighted by Crippen LogP contribution is -2.46. The number of rotatable bonds is 17. The first-order valence-electron chi connectivity index (χ1n) is 20.9. The van der Waals surface area contributed by atoms with Gasteiger partial charge < -0.3 is 20.6 Å². The molecule has 7 rings (SSSR count). The molecule has 0 saturated carbocycles. The summed E-state index contributed by atoms with van der Waals surface area (Å²) in [5.74, 6) is 2.88. The monoisotopic (exact) mass is 770 g/mol. The van der Waals surface area contributed by atoms with E-state index >= 15 is 0 Å². The van der Waals surface area contributed by atoms with Crippen LogP contribution in [0.3, 0.4) is 0 Å². The summed E-state index contributed by atoms with van der Waals surface area (Å²) in [4.78, 5) is 44.1. The molecule has 54 heavy (non-hydrogen) atoms. The van der Waals surface area contributed by atoms with Crippen LogP contribution in [-0.2, 0) is 40.1 Å². The Morgan fingerprint density at radius 2 is 1.35 bits per heavy atom. The largest absolute Gasteiger partial charge is 0.871 e. The number of aryl methyl sites for hydroxylation is 2. The third kappa shape index (κ3) is 8.16. The van der Waals surface area contributed by atoms with Crippen LogP contribution >= 0.6 is 23.5 Å². The average molecular weight is 771 g/mol. The Morgan fingerprint density at radius 3 is 2.02 bits per heavy atom. The zero-order chi connectivity index (χ0) is 37.6. The van der Waals surface area contributed by atoms with Gasteiger partial charge in [0.1, 0.15) is 13.1 Å². The molecule has 2 N–H and O–H groups in total. The zero-order valence-corrected chi connectivity index (χ0v) is 34.1. The van der Waals surface area contributed by atoms with Gasteiger partial charge in [-0.05, 0) is 86.1 Å². The summed E-state index contributed by atoms with van der Waals surface area (Å²) in [6.07, 6.45) is 15.2. The highest BCUT2D eigenvalue weighted by molar-refractivity contribution is 7.99. The molecule has 5 aliphatic rings. The van der Waals surface area contributed by atoms with E-state index in [1.165, 1.54) is 36.7 Å². The maximum absolute atomic E-state index is 14.6. The maximum atomic E-state index is 14.6. The van der Waals surface area contributed by atoms with Crippen molar-refractivity contribution in [3.05, 3.63) is 56.3 Å². The van der Waals surface area contributed by atoms with Crippen LogP contribution in [0.4, 0.5) is 17.1 Å². The number of ketones is 1. The Labute approximate surface area is 329 Å². The predicted octanol–water partition coefficient (Wildman–Crippen LogP) is 5.78. The summed E-state index contributed by atoms with van der Waals surface area (Å²) in [5.41, 5.74) is 7.87. The molecule has 0 bridgehead atoms. The van der Waals surface area contributed by atoms with Crippen molar-refractivity contribution in [1.29, 1.82) is 0 Å². The second-order valence-corrected chi connectivity index (χ2v) is 18.1. The van der Waals surface area contributed by atoms with Gasteiger partial charge in [0.05, 0.1) is 11.4 Å². The van der Waals surface area contributed by atoms with Gasteiger partial charge in [-0.15, -0.1) is 0 Å². The zero-order valence-electron chi connectivity index (χ0n) is 32.5. The first-order valence-corrected chi connectivity index (χ1v) is 23.2. The third-order valence-corrected chi connectivity index (χ3v) is 13.9. The van der Waals surface area contributed by atoms with Gasteiger partial charge in [0.2, 0.25) is 17.2 Å². The molecule has 1 aliphatic carbocycles. The smallest absolute Gasteiger partial charge is 0.225 e. The van der Waals surface area contributed by atoms with Crippen molar-refractivity contribution in [2.75, 3.05) is 64.7 Å². The lowest BCUT2D eigenvalue weighted by molar-refractivity contribution is -0.292. The second kappa shape index (κ2) is 18.1. The number of benzene rings is 2. The van der Waals surface area contributed by atoms with Crippen molar-refractivity contribution in [1.82, 2.24) is 4.58 Å². The SMILES string of the molecule is CCCCCSCCC(=O)Nc1c(C2=C([O-])/C(=c3/cc4c5c(c3NC(=O)CCSCCCCC)CCC[N+]=5CCC4)C2=O)cc2c3c1CCCN3CCC2. The van der Waals surface area contributed by atoms with Gasteiger partial charge in [0.15, 0.2) is 5.78 Å². The fraction of sp³-hybridized carbons (Fsp3) is 0.591. The molecule has 0 spiro atoms. The molecule has 4 aliphatic heterocycles. The number of nitrogens with one attached hydrogen (secondary N) is 2. The summed E-state index contributed by atoms with van der Waals surface area (Å²) in [6, 6.07) is 4.06. The Morgan fingerprint density at radius 1 is 0.741 bits per heavy atom. The Hall–Kier alpha value is -3.24. The normalized spacial score (nSPS) is 18.3. The molecular formula is C44H58N4O4S2. The van der Waals surface area contributed by atoms with Crippen molar-refractivity contribution >= 4 is 69.3 Å². The highest BCUT2D eigenvalue weighted by atomic mass is 32.2. The van der Waals surface area contributed by atoms with Gasteiger partial charge in [0.25, 0.3) is 0 Å². The van der Waals surface area contributed by atoms with E-state index in [1.807, 2.05) is 35.7 Å². The fourth-order valence-electron chi connectivity index (χ4n) is 9.13. The number of carbonyl (C=O) groups is 3. The number of amides is 2. The average Bonchev–Trinajstić information content (AvgIpc) is 3.17. The van der Waals surface area contributed by atoms with Crippen molar-refractivity contribution in [2.24, 2.45) is 0 Å². The molecule has 0 saturated heterocycles. The lowest BCUT2D eigenvalue weighted by atomic mass is 9.77. The highest BCUT2D eigenvalue weighted by Crippen LogP contribution is 2.47. The van der Waals surface area contributed by atoms with Gasteiger partial charge in [0, 0.05) is 89.0 Å². The summed E-state index contributed by atoms with van der Waals surface area (Å²) < 4.78 is 2.42. The predicted molar refractivity (Wildman–Crippen MR) is 224 cm³/mol. The molecular weight excluding hydrogens is 713 g/mol. The van der Waals surface area contributed by atoms with E-state index in [9.17, 15) is 19.5 Å². The minimum Gasteiger partial charge on any atom is -0.871 e. The first kappa shape index (κ1) is 39.0. The standard InChI is InChI=1S/C44H58N4O4S2/c1-3-5-7-23-53-25-17-35(49)45-39-31-15-11-21-47-19-9-13-29(41(31)47)27-33(39)37-43(51)38(44(37)52)34-28-30-14-10-20-48-22-12-16-32(42(30)48)40(34)46-36(50)18-26-54-24-8-6-4-2/h27-28H,3-26H2,1-2H3,(H2,45,46,49,50,51,52). The van der Waals surface area contributed by atoms with E-state index in [4.69, 9.17) is 0 Å². The van der Waals surface area contributed by atoms with Gasteiger partial charge in [-0.25, -0.2) is 4.58 Å². The maximum Gasteiger partial charge on any atom is 0.225 e. The molecule has 2 amide bonds. The molecule has 290 valence electrons. The molecule has 8 nitrogen and oxygen atoms in total. The fourth-order valence-corrected chi connectivity index (χ4v) is 11.0. The van der Waals surface area contributed by atoms with Gasteiger partial charge in [-0.3, -0.25) is 14.4 Å². The third-order valence-electron chi connectivity index (χ3n) is 11.8. The van der Waals surface area contributed by atoms with E-state index in [1.54, 1.807) is 0 Å². The number of carbonyl (C=O) groups excluding carboxylic acids is 3. The molecule has 4 heterocycles. The van der Waals surface area contributed by atoms with Gasteiger partial charge in [-0.1, -0.05) is 45.3 Å². The Balaban J connectivity index is 1.27. The highest BCUT2D eigenvalue weighted by Gasteiger charge is 2.37. The molecule has 0 fully saturated rings. The lowest BCUT2D eigenvalue weighted by Gasteiger charge is -2.40. The summed E-state index contributed by atoms with van der Waals surface area (Å²) in [7, 11) is 0. The number of thioether (sulfide) groups is 2. The van der Waals surface area contributed by atoms with Crippen molar-refractivity contribution in [3.63, 3.8) is 0 Å². The van der Waals surface area contributed by atoms with E-state index < -0.39 is 0 Å². The summed E-state index contributed by atoms with van der Waals surface area (Å²) in [6.45, 7) is 8.33.